The van der Waals surface area contributed by atoms with E-state index in [1.54, 1.807) is 29.9 Å². The number of amides is 2. The van der Waals surface area contributed by atoms with Crippen molar-refractivity contribution >= 4 is 28.7 Å². The van der Waals surface area contributed by atoms with E-state index >= 15 is 0 Å². The van der Waals surface area contributed by atoms with Crippen molar-refractivity contribution in [3.05, 3.63) is 65.9 Å². The van der Waals surface area contributed by atoms with E-state index in [-0.39, 0.29) is 11.3 Å². The highest BCUT2D eigenvalue weighted by atomic mass is 19.3. The Morgan fingerprint density at radius 2 is 1.76 bits per heavy atom. The standard InChI is InChI=1S/C20H16F2N2O5/c1-24-10-15(14-4-2-3-5-16(14)24)19(27)28-11-17(25)23-18(26)12-6-8-13(9-7-12)29-20(21)22/h2-10,20H,11H2,1H3,(H,23,25,26). The number of benzene rings is 2. The van der Waals surface area contributed by atoms with Gasteiger partial charge in [-0.3, -0.25) is 14.9 Å². The summed E-state index contributed by atoms with van der Waals surface area (Å²) in [4.78, 5) is 36.2. The minimum Gasteiger partial charge on any atom is -0.452 e. The number of carbonyl (C=O) groups is 3. The third kappa shape index (κ3) is 4.75. The zero-order valence-electron chi connectivity index (χ0n) is 15.2. The predicted molar refractivity (Wildman–Crippen MR) is 98.7 cm³/mol. The number of carbonyl (C=O) groups excluding carboxylic acids is 3. The first-order valence-corrected chi connectivity index (χ1v) is 8.45. The van der Waals surface area contributed by atoms with Crippen LogP contribution >= 0.6 is 0 Å². The fraction of sp³-hybridized carbons (Fsp3) is 0.150. The highest BCUT2D eigenvalue weighted by Gasteiger charge is 2.17. The molecule has 0 fully saturated rings. The molecule has 0 saturated heterocycles. The van der Waals surface area contributed by atoms with E-state index in [1.807, 2.05) is 12.1 Å². The zero-order valence-corrected chi connectivity index (χ0v) is 15.2. The molecule has 29 heavy (non-hydrogen) atoms. The first kappa shape index (κ1) is 20.0. The molecule has 150 valence electrons. The predicted octanol–water partition coefficient (Wildman–Crippen LogP) is 2.89. The minimum absolute atomic E-state index is 0.0559. The van der Waals surface area contributed by atoms with Gasteiger partial charge in [0.15, 0.2) is 6.61 Å². The van der Waals surface area contributed by atoms with Crippen LogP contribution in [-0.4, -0.2) is 35.6 Å². The normalized spacial score (nSPS) is 10.8. The third-order valence-electron chi connectivity index (χ3n) is 4.05. The quantitative estimate of drug-likeness (QED) is 0.641. The maximum absolute atomic E-state index is 12.3. The molecule has 0 bridgehead atoms. The van der Waals surface area contributed by atoms with E-state index in [4.69, 9.17) is 4.74 Å². The second-order valence-electron chi connectivity index (χ2n) is 6.03. The van der Waals surface area contributed by atoms with Gasteiger partial charge in [-0.1, -0.05) is 18.2 Å². The summed E-state index contributed by atoms with van der Waals surface area (Å²) in [5.74, 6) is -2.40. The molecule has 3 aromatic rings. The minimum atomic E-state index is -2.98. The number of hydrogen-bond acceptors (Lipinski definition) is 5. The van der Waals surface area contributed by atoms with Gasteiger partial charge in [-0.2, -0.15) is 8.78 Å². The largest absolute Gasteiger partial charge is 0.452 e. The molecule has 0 radical (unpaired) electrons. The summed E-state index contributed by atoms with van der Waals surface area (Å²) in [6, 6.07) is 12.0. The van der Waals surface area contributed by atoms with E-state index in [2.05, 4.69) is 10.1 Å². The Kier molecular flexibility index (Phi) is 5.87. The summed E-state index contributed by atoms with van der Waals surface area (Å²) >= 11 is 0. The molecule has 0 atom stereocenters. The van der Waals surface area contributed by atoms with Crippen LogP contribution in [0.15, 0.2) is 54.7 Å². The summed E-state index contributed by atoms with van der Waals surface area (Å²) in [5.41, 5.74) is 1.19. The van der Waals surface area contributed by atoms with Crippen LogP contribution in [0.5, 0.6) is 5.75 Å². The molecular formula is C20H16F2N2O5. The number of halogens is 2. The number of nitrogens with one attached hydrogen (secondary N) is 1. The fourth-order valence-corrected chi connectivity index (χ4v) is 2.74. The van der Waals surface area contributed by atoms with Crippen LogP contribution in [0.4, 0.5) is 8.78 Å². The van der Waals surface area contributed by atoms with E-state index in [9.17, 15) is 23.2 Å². The SMILES string of the molecule is Cn1cc(C(=O)OCC(=O)NC(=O)c2ccc(OC(F)F)cc2)c2ccccc21. The van der Waals surface area contributed by atoms with E-state index in [0.29, 0.717) is 10.9 Å². The summed E-state index contributed by atoms with van der Waals surface area (Å²) < 4.78 is 35.2. The fourth-order valence-electron chi connectivity index (χ4n) is 2.74. The summed E-state index contributed by atoms with van der Waals surface area (Å²) in [7, 11) is 1.78. The summed E-state index contributed by atoms with van der Waals surface area (Å²) in [5, 5.41) is 2.74. The maximum atomic E-state index is 12.3. The molecule has 3 rings (SSSR count). The van der Waals surface area contributed by atoms with Crippen molar-refractivity contribution in [3.8, 4) is 5.75 Å². The molecule has 0 unspecified atom stereocenters. The number of fused-ring (bicyclic) bond motifs is 1. The van der Waals surface area contributed by atoms with Gasteiger partial charge in [0, 0.05) is 29.7 Å². The smallest absolute Gasteiger partial charge is 0.387 e. The Bertz CT molecular complexity index is 1060. The molecule has 1 N–H and O–H groups in total. The van der Waals surface area contributed by atoms with Crippen LogP contribution < -0.4 is 10.1 Å². The zero-order chi connectivity index (χ0) is 21.0. The van der Waals surface area contributed by atoms with Gasteiger partial charge in [0.05, 0.1) is 5.56 Å². The van der Waals surface area contributed by atoms with Crippen molar-refractivity contribution in [2.75, 3.05) is 6.61 Å². The molecule has 9 heteroatoms. The lowest BCUT2D eigenvalue weighted by molar-refractivity contribution is -0.123. The molecule has 0 aliphatic heterocycles. The van der Waals surface area contributed by atoms with Gasteiger partial charge in [-0.25, -0.2) is 4.79 Å². The first-order chi connectivity index (χ1) is 13.8. The molecule has 2 aromatic carbocycles. The lowest BCUT2D eigenvalue weighted by Crippen LogP contribution is -2.34. The molecular weight excluding hydrogens is 386 g/mol. The molecule has 7 nitrogen and oxygen atoms in total. The van der Waals surface area contributed by atoms with Crippen LogP contribution in [0, 0.1) is 0 Å². The Hall–Kier alpha value is -3.75. The van der Waals surface area contributed by atoms with Crippen molar-refractivity contribution in [2.24, 2.45) is 7.05 Å². The van der Waals surface area contributed by atoms with E-state index < -0.39 is 31.0 Å². The van der Waals surface area contributed by atoms with E-state index in [0.717, 1.165) is 5.52 Å². The average molecular weight is 402 g/mol. The third-order valence-corrected chi connectivity index (χ3v) is 4.05. The van der Waals surface area contributed by atoms with Crippen molar-refractivity contribution in [1.82, 2.24) is 9.88 Å². The number of ether oxygens (including phenoxy) is 2. The van der Waals surface area contributed by atoms with E-state index in [1.165, 1.54) is 24.3 Å². The lowest BCUT2D eigenvalue weighted by atomic mass is 10.2. The van der Waals surface area contributed by atoms with Gasteiger partial charge in [0.25, 0.3) is 11.8 Å². The van der Waals surface area contributed by atoms with Gasteiger partial charge in [-0.05, 0) is 30.3 Å². The van der Waals surface area contributed by atoms with Crippen LogP contribution in [-0.2, 0) is 16.6 Å². The van der Waals surface area contributed by atoms with Gasteiger partial charge < -0.3 is 14.0 Å². The highest BCUT2D eigenvalue weighted by molar-refractivity contribution is 6.07. The number of esters is 1. The summed E-state index contributed by atoms with van der Waals surface area (Å²) in [6.07, 6.45) is 1.60. The Morgan fingerprint density at radius 1 is 1.07 bits per heavy atom. The molecule has 2 amide bonds. The number of alkyl halides is 2. The van der Waals surface area contributed by atoms with Crippen LogP contribution in [0.25, 0.3) is 10.9 Å². The van der Waals surface area contributed by atoms with Crippen LogP contribution in [0.3, 0.4) is 0 Å². The molecule has 0 spiro atoms. The molecule has 0 saturated carbocycles. The van der Waals surface area contributed by atoms with Gasteiger partial charge in [0.1, 0.15) is 5.75 Å². The Labute approximate surface area is 163 Å². The highest BCUT2D eigenvalue weighted by Crippen LogP contribution is 2.21. The number of para-hydroxylation sites is 1. The monoisotopic (exact) mass is 402 g/mol. The number of aromatic nitrogens is 1. The number of nitrogens with zero attached hydrogens (tertiary/aromatic N) is 1. The first-order valence-electron chi connectivity index (χ1n) is 8.45. The van der Waals surface area contributed by atoms with Crippen molar-refractivity contribution in [2.45, 2.75) is 6.61 Å². The Morgan fingerprint density at radius 3 is 2.45 bits per heavy atom. The summed E-state index contributed by atoms with van der Waals surface area (Å²) in [6.45, 7) is -3.63. The number of hydrogen-bond donors (Lipinski definition) is 1. The molecule has 1 heterocycles. The maximum Gasteiger partial charge on any atom is 0.387 e. The number of imide groups is 1. The van der Waals surface area contributed by atoms with Gasteiger partial charge >= 0.3 is 12.6 Å². The number of aryl methyl sites for hydroxylation is 1. The topological polar surface area (TPSA) is 86.6 Å². The van der Waals surface area contributed by atoms with Crippen molar-refractivity contribution < 1.29 is 32.6 Å². The number of rotatable bonds is 6. The van der Waals surface area contributed by atoms with Gasteiger partial charge in [-0.15, -0.1) is 0 Å². The second kappa shape index (κ2) is 8.51. The molecule has 1 aromatic heterocycles. The van der Waals surface area contributed by atoms with Crippen LogP contribution in [0.1, 0.15) is 20.7 Å². The average Bonchev–Trinajstić information content (AvgIpc) is 3.03. The van der Waals surface area contributed by atoms with Gasteiger partial charge in [0.2, 0.25) is 0 Å². The lowest BCUT2D eigenvalue weighted by Gasteiger charge is -2.07. The molecule has 0 aliphatic carbocycles. The second-order valence-corrected chi connectivity index (χ2v) is 6.03. The van der Waals surface area contributed by atoms with Crippen LogP contribution in [0.2, 0.25) is 0 Å². The Balaban J connectivity index is 1.56. The molecule has 0 aliphatic rings. The van der Waals surface area contributed by atoms with Crippen molar-refractivity contribution in [1.29, 1.82) is 0 Å². The van der Waals surface area contributed by atoms with Crippen molar-refractivity contribution in [3.63, 3.8) is 0 Å².